The molecule has 0 spiro atoms. The first kappa shape index (κ1) is 23.7. The van der Waals surface area contributed by atoms with E-state index in [1.165, 1.54) is 28.6 Å². The molecule has 0 saturated carbocycles. The van der Waals surface area contributed by atoms with Gasteiger partial charge in [-0.05, 0) is 67.8 Å². The van der Waals surface area contributed by atoms with Crippen LogP contribution in [0.15, 0.2) is 58.3 Å². The van der Waals surface area contributed by atoms with Crippen LogP contribution in [0.25, 0.3) is 0 Å². The molecule has 2 aliphatic heterocycles. The molecule has 2 fully saturated rings. The molecule has 0 bridgehead atoms. The van der Waals surface area contributed by atoms with Gasteiger partial charge in [-0.2, -0.15) is 4.31 Å². The lowest BCUT2D eigenvalue weighted by Gasteiger charge is -2.16. The van der Waals surface area contributed by atoms with Crippen molar-refractivity contribution < 1.29 is 26.4 Å². The van der Waals surface area contributed by atoms with E-state index in [0.717, 1.165) is 19.3 Å². The van der Waals surface area contributed by atoms with E-state index in [9.17, 15) is 21.6 Å². The summed E-state index contributed by atoms with van der Waals surface area (Å²) in [6.45, 7) is 1.85. The molecule has 33 heavy (non-hydrogen) atoms. The molecular formula is C22H27N3O6S2. The summed E-state index contributed by atoms with van der Waals surface area (Å²) < 4.78 is 59.6. The normalized spacial score (nSPS) is 17.6. The van der Waals surface area contributed by atoms with E-state index in [1.54, 1.807) is 29.2 Å². The predicted octanol–water partition coefficient (Wildman–Crippen LogP) is 1.96. The van der Waals surface area contributed by atoms with Crippen LogP contribution in [0, 0.1) is 0 Å². The molecule has 0 aliphatic carbocycles. The van der Waals surface area contributed by atoms with E-state index >= 15 is 0 Å². The number of amides is 1. The zero-order chi connectivity index (χ0) is 23.5. The molecule has 0 aromatic heterocycles. The molecule has 1 amide bonds. The second-order valence-corrected chi connectivity index (χ2v) is 11.7. The third-order valence-electron chi connectivity index (χ3n) is 5.72. The maximum Gasteiger partial charge on any atom is 0.243 e. The van der Waals surface area contributed by atoms with Gasteiger partial charge in [-0.3, -0.25) is 4.79 Å². The minimum Gasteiger partial charge on any atom is -0.492 e. The summed E-state index contributed by atoms with van der Waals surface area (Å²) in [4.78, 5) is 13.8. The highest BCUT2D eigenvalue weighted by atomic mass is 32.2. The van der Waals surface area contributed by atoms with Gasteiger partial charge in [0.25, 0.3) is 0 Å². The van der Waals surface area contributed by atoms with Crippen LogP contribution in [-0.4, -0.2) is 59.8 Å². The van der Waals surface area contributed by atoms with Crippen molar-refractivity contribution in [2.45, 2.75) is 35.5 Å². The highest BCUT2D eigenvalue weighted by Gasteiger charge is 2.27. The SMILES string of the molecule is O=C1CCCN1c1ccc(S(=O)(=O)NCCOc2ccc(S(=O)(=O)N3CCCC3)cc2)cc1. The maximum atomic E-state index is 12.6. The molecule has 178 valence electrons. The molecule has 2 heterocycles. The Labute approximate surface area is 194 Å². The third kappa shape index (κ3) is 5.37. The Kier molecular flexibility index (Phi) is 7.03. The quantitative estimate of drug-likeness (QED) is 0.535. The molecule has 11 heteroatoms. The van der Waals surface area contributed by atoms with E-state index in [2.05, 4.69) is 4.72 Å². The van der Waals surface area contributed by atoms with Gasteiger partial charge in [0, 0.05) is 38.3 Å². The second kappa shape index (κ2) is 9.80. The smallest absolute Gasteiger partial charge is 0.243 e. The van der Waals surface area contributed by atoms with E-state index < -0.39 is 20.0 Å². The van der Waals surface area contributed by atoms with Crippen molar-refractivity contribution in [2.24, 2.45) is 0 Å². The predicted molar refractivity (Wildman–Crippen MR) is 123 cm³/mol. The van der Waals surface area contributed by atoms with Crippen molar-refractivity contribution in [3.8, 4) is 5.75 Å². The van der Waals surface area contributed by atoms with E-state index in [1.807, 2.05) is 0 Å². The van der Waals surface area contributed by atoms with Gasteiger partial charge in [0.15, 0.2) is 0 Å². The number of anilines is 1. The lowest BCUT2D eigenvalue weighted by atomic mass is 10.3. The van der Waals surface area contributed by atoms with Crippen molar-refractivity contribution in [2.75, 3.05) is 37.7 Å². The van der Waals surface area contributed by atoms with E-state index in [-0.39, 0.29) is 28.8 Å². The fourth-order valence-electron chi connectivity index (χ4n) is 3.94. The van der Waals surface area contributed by atoms with Crippen molar-refractivity contribution in [3.63, 3.8) is 0 Å². The fourth-order valence-corrected chi connectivity index (χ4v) is 6.47. The number of nitrogens with one attached hydrogen (secondary N) is 1. The number of benzene rings is 2. The number of nitrogens with zero attached hydrogens (tertiary/aromatic N) is 2. The van der Waals surface area contributed by atoms with Crippen LogP contribution < -0.4 is 14.4 Å². The Balaban J connectivity index is 1.28. The molecule has 1 N–H and O–H groups in total. The first-order valence-electron chi connectivity index (χ1n) is 10.9. The number of carbonyl (C=O) groups excluding carboxylic acids is 1. The molecule has 2 saturated heterocycles. The summed E-state index contributed by atoms with van der Waals surface area (Å²) in [6, 6.07) is 12.3. The van der Waals surface area contributed by atoms with E-state index in [4.69, 9.17) is 4.74 Å². The van der Waals surface area contributed by atoms with Crippen molar-refractivity contribution in [3.05, 3.63) is 48.5 Å². The minimum atomic E-state index is -3.72. The maximum absolute atomic E-state index is 12.6. The zero-order valence-electron chi connectivity index (χ0n) is 18.1. The van der Waals surface area contributed by atoms with Crippen molar-refractivity contribution in [1.82, 2.24) is 9.03 Å². The summed E-state index contributed by atoms with van der Waals surface area (Å²) >= 11 is 0. The highest BCUT2D eigenvalue weighted by molar-refractivity contribution is 7.89. The van der Waals surface area contributed by atoms with Crippen LogP contribution in [0.1, 0.15) is 25.7 Å². The van der Waals surface area contributed by atoms with Crippen LogP contribution in [0.4, 0.5) is 5.69 Å². The van der Waals surface area contributed by atoms with Crippen LogP contribution in [-0.2, 0) is 24.8 Å². The molecule has 0 radical (unpaired) electrons. The lowest BCUT2D eigenvalue weighted by Crippen LogP contribution is -2.28. The molecular weight excluding hydrogens is 466 g/mol. The number of carbonyl (C=O) groups is 1. The summed E-state index contributed by atoms with van der Waals surface area (Å²) in [7, 11) is -7.20. The average molecular weight is 494 g/mol. The topological polar surface area (TPSA) is 113 Å². The Morgan fingerprint density at radius 3 is 2.06 bits per heavy atom. The van der Waals surface area contributed by atoms with Gasteiger partial charge >= 0.3 is 0 Å². The molecule has 0 atom stereocenters. The Hall–Kier alpha value is -2.47. The first-order valence-corrected chi connectivity index (χ1v) is 13.8. The lowest BCUT2D eigenvalue weighted by molar-refractivity contribution is -0.117. The molecule has 2 aliphatic rings. The third-order valence-corrected chi connectivity index (χ3v) is 9.11. The number of rotatable bonds is 9. The fraction of sp³-hybridized carbons (Fsp3) is 0.409. The van der Waals surface area contributed by atoms with Gasteiger partial charge in [0.1, 0.15) is 12.4 Å². The van der Waals surface area contributed by atoms with Crippen LogP contribution in [0.3, 0.4) is 0 Å². The Bertz CT molecular complexity index is 1190. The van der Waals surface area contributed by atoms with Gasteiger partial charge in [-0.1, -0.05) is 0 Å². The van der Waals surface area contributed by atoms with Gasteiger partial charge in [0.2, 0.25) is 26.0 Å². The summed E-state index contributed by atoms with van der Waals surface area (Å²) in [6.07, 6.45) is 3.06. The Morgan fingerprint density at radius 2 is 1.45 bits per heavy atom. The largest absolute Gasteiger partial charge is 0.492 e. The van der Waals surface area contributed by atoms with Crippen molar-refractivity contribution >= 4 is 31.6 Å². The molecule has 9 nitrogen and oxygen atoms in total. The van der Waals surface area contributed by atoms with Crippen molar-refractivity contribution in [1.29, 1.82) is 0 Å². The van der Waals surface area contributed by atoms with Crippen LogP contribution >= 0.6 is 0 Å². The summed E-state index contributed by atoms with van der Waals surface area (Å²) in [5.74, 6) is 0.497. The molecule has 2 aromatic carbocycles. The Morgan fingerprint density at radius 1 is 0.818 bits per heavy atom. The summed E-state index contributed by atoms with van der Waals surface area (Å²) in [5.41, 5.74) is 0.690. The second-order valence-electron chi connectivity index (χ2n) is 7.97. The average Bonchev–Trinajstić information content (AvgIpc) is 3.50. The molecule has 0 unspecified atom stereocenters. The van der Waals surface area contributed by atoms with E-state index in [0.29, 0.717) is 37.5 Å². The number of hydrogen-bond acceptors (Lipinski definition) is 6. The monoisotopic (exact) mass is 493 g/mol. The van der Waals surface area contributed by atoms with Gasteiger partial charge in [0.05, 0.1) is 9.79 Å². The standard InChI is InChI=1S/C22H27N3O6S2/c26-22-4-3-16-25(22)18-5-9-20(10-6-18)32(27,28)23-13-17-31-19-7-11-21(12-8-19)33(29,30)24-14-1-2-15-24/h5-12,23H,1-4,13-17H2. The summed E-state index contributed by atoms with van der Waals surface area (Å²) in [5, 5.41) is 0. The number of ether oxygens (including phenoxy) is 1. The molecule has 2 aromatic rings. The van der Waals surface area contributed by atoms with Gasteiger partial charge in [-0.15, -0.1) is 0 Å². The number of sulfonamides is 2. The molecule has 4 rings (SSSR count). The van der Waals surface area contributed by atoms with Crippen LogP contribution in [0.2, 0.25) is 0 Å². The highest BCUT2D eigenvalue weighted by Crippen LogP contribution is 2.24. The van der Waals surface area contributed by atoms with Gasteiger partial charge < -0.3 is 9.64 Å². The first-order chi connectivity index (χ1) is 15.8. The van der Waals surface area contributed by atoms with Crippen LogP contribution in [0.5, 0.6) is 5.75 Å². The number of hydrogen-bond donors (Lipinski definition) is 1. The van der Waals surface area contributed by atoms with Gasteiger partial charge in [-0.25, -0.2) is 21.6 Å². The zero-order valence-corrected chi connectivity index (χ0v) is 19.8. The minimum absolute atomic E-state index is 0.0440.